The van der Waals surface area contributed by atoms with Crippen LogP contribution in [0, 0.1) is 0 Å². The highest BCUT2D eigenvalue weighted by Crippen LogP contribution is 2.24. The van der Waals surface area contributed by atoms with Gasteiger partial charge in [0.25, 0.3) is 5.56 Å². The highest BCUT2D eigenvalue weighted by atomic mass is 79.9. The van der Waals surface area contributed by atoms with E-state index in [-0.39, 0.29) is 11.6 Å². The molecule has 0 saturated heterocycles. The van der Waals surface area contributed by atoms with E-state index < -0.39 is 0 Å². The fourth-order valence-electron chi connectivity index (χ4n) is 3.64. The minimum Gasteiger partial charge on any atom is -0.497 e. The maximum Gasteiger partial charge on any atom is 0.291 e. The third-order valence-electron chi connectivity index (χ3n) is 5.70. The van der Waals surface area contributed by atoms with E-state index >= 15 is 0 Å². The van der Waals surface area contributed by atoms with Crippen LogP contribution in [0.3, 0.4) is 0 Å². The van der Waals surface area contributed by atoms with Gasteiger partial charge in [-0.05, 0) is 60.9 Å². The van der Waals surface area contributed by atoms with Crippen molar-refractivity contribution in [3.05, 3.63) is 78.8 Å². The van der Waals surface area contributed by atoms with Gasteiger partial charge in [-0.15, -0.1) is 5.10 Å². The molecule has 0 radical (unpaired) electrons. The van der Waals surface area contributed by atoms with Crippen LogP contribution in [0.15, 0.2) is 51.7 Å². The van der Waals surface area contributed by atoms with Gasteiger partial charge in [-0.1, -0.05) is 46.3 Å². The maximum absolute atomic E-state index is 13.0. The molecule has 0 aliphatic heterocycles. The third kappa shape index (κ3) is 5.32. The third-order valence-corrected chi connectivity index (χ3v) is 7.38. The first-order valence-electron chi connectivity index (χ1n) is 11.1. The minimum atomic E-state index is -0.179. The Hall–Kier alpha value is -2.75. The van der Waals surface area contributed by atoms with E-state index in [2.05, 4.69) is 51.2 Å². The van der Waals surface area contributed by atoms with Gasteiger partial charge >= 0.3 is 0 Å². The van der Waals surface area contributed by atoms with Crippen molar-refractivity contribution in [3.8, 4) is 11.5 Å². The number of methoxy groups -OCH3 is 2. The first-order valence-corrected chi connectivity index (χ1v) is 12.7. The van der Waals surface area contributed by atoms with E-state index in [1.54, 1.807) is 14.2 Å². The molecule has 2 atom stereocenters. The summed E-state index contributed by atoms with van der Waals surface area (Å²) in [5, 5.41) is 8.20. The molecule has 1 N–H and O–H groups in total. The van der Waals surface area contributed by atoms with Gasteiger partial charge < -0.3 is 14.8 Å². The number of hydrogen-bond donors (Lipinski definition) is 1. The monoisotopic (exact) mass is 542 g/mol. The fraction of sp³-hybridized carbons (Fsp3) is 0.320. The molecule has 0 fully saturated rings. The summed E-state index contributed by atoms with van der Waals surface area (Å²) >= 11 is 4.86. The van der Waals surface area contributed by atoms with E-state index in [4.69, 9.17) is 9.47 Å². The average Bonchev–Trinajstić information content (AvgIpc) is 3.37. The van der Waals surface area contributed by atoms with Gasteiger partial charge in [-0.25, -0.2) is 4.98 Å². The van der Waals surface area contributed by atoms with Crippen LogP contribution in [0.25, 0.3) is 11.0 Å². The predicted octanol–water partition coefficient (Wildman–Crippen LogP) is 4.15. The fourth-order valence-corrected chi connectivity index (χ4v) is 4.92. The molecule has 0 spiro atoms. The highest BCUT2D eigenvalue weighted by molar-refractivity contribution is 9.10. The number of hydrogen-bond acceptors (Lipinski definition) is 7. The Morgan fingerprint density at radius 2 is 1.94 bits per heavy atom. The van der Waals surface area contributed by atoms with Gasteiger partial charge in [-0.2, -0.15) is 4.52 Å². The minimum absolute atomic E-state index is 0.00368. The Bertz CT molecular complexity index is 1400. The second-order valence-corrected chi connectivity index (χ2v) is 9.90. The van der Waals surface area contributed by atoms with Crippen LogP contribution in [-0.2, 0) is 6.42 Å². The average molecular weight is 543 g/mol. The molecule has 0 saturated carbocycles. The van der Waals surface area contributed by atoms with Gasteiger partial charge in [-0.3, -0.25) is 4.79 Å². The number of benzene rings is 2. The number of rotatable bonds is 9. The van der Waals surface area contributed by atoms with Gasteiger partial charge in [0.2, 0.25) is 4.96 Å². The molecule has 178 valence electrons. The van der Waals surface area contributed by atoms with Gasteiger partial charge in [0.15, 0.2) is 5.82 Å². The summed E-state index contributed by atoms with van der Waals surface area (Å²) in [6, 6.07) is 14.0. The topological polar surface area (TPSA) is 77.8 Å². The summed E-state index contributed by atoms with van der Waals surface area (Å²) in [5.74, 6) is 2.15. The Balaban J connectivity index is 1.66. The highest BCUT2D eigenvalue weighted by Gasteiger charge is 2.19. The van der Waals surface area contributed by atoms with Crippen LogP contribution in [0.2, 0.25) is 0 Å². The lowest BCUT2D eigenvalue weighted by atomic mass is 10.0. The summed E-state index contributed by atoms with van der Waals surface area (Å²) in [7, 11) is 3.28. The number of fused-ring (bicyclic) bond motifs is 1. The Morgan fingerprint density at radius 3 is 2.65 bits per heavy atom. The van der Waals surface area contributed by atoms with E-state index in [0.717, 1.165) is 33.5 Å². The Labute approximate surface area is 210 Å². The molecule has 2 aromatic carbocycles. The molecular weight excluding hydrogens is 516 g/mol. The lowest BCUT2D eigenvalue weighted by Crippen LogP contribution is -2.31. The van der Waals surface area contributed by atoms with Crippen LogP contribution in [-0.4, -0.2) is 34.9 Å². The molecule has 2 aromatic heterocycles. The zero-order valence-corrected chi connectivity index (χ0v) is 21.9. The van der Waals surface area contributed by atoms with E-state index in [1.807, 2.05) is 42.5 Å². The number of ether oxygens (including phenoxy) is 2. The molecule has 2 unspecified atom stereocenters. The number of nitrogens with one attached hydrogen (secondary N) is 1. The van der Waals surface area contributed by atoms with Crippen LogP contribution < -0.4 is 24.9 Å². The molecule has 0 bridgehead atoms. The molecule has 9 heteroatoms. The Morgan fingerprint density at radius 1 is 1.18 bits per heavy atom. The molecular formula is C25H27BrN4O3S. The first kappa shape index (κ1) is 24.4. The van der Waals surface area contributed by atoms with Gasteiger partial charge in [0.1, 0.15) is 11.5 Å². The van der Waals surface area contributed by atoms with Crippen LogP contribution in [0.1, 0.15) is 43.3 Å². The second-order valence-electron chi connectivity index (χ2n) is 8.03. The maximum atomic E-state index is 13.0. The molecule has 0 aliphatic carbocycles. The van der Waals surface area contributed by atoms with Crippen LogP contribution >= 0.6 is 27.3 Å². The number of aromatic nitrogens is 3. The summed E-state index contributed by atoms with van der Waals surface area (Å²) in [4.78, 5) is 18.3. The summed E-state index contributed by atoms with van der Waals surface area (Å²) in [6.07, 6.45) is 3.39. The van der Waals surface area contributed by atoms with Crippen molar-refractivity contribution in [2.75, 3.05) is 14.2 Å². The van der Waals surface area contributed by atoms with Crippen molar-refractivity contribution in [3.63, 3.8) is 0 Å². The van der Waals surface area contributed by atoms with E-state index in [9.17, 15) is 4.79 Å². The number of nitrogens with zero attached hydrogens (tertiary/aromatic N) is 3. The zero-order valence-electron chi connectivity index (χ0n) is 19.5. The second kappa shape index (κ2) is 10.7. The smallest absolute Gasteiger partial charge is 0.291 e. The van der Waals surface area contributed by atoms with Gasteiger partial charge in [0.05, 0.1) is 18.8 Å². The van der Waals surface area contributed by atoms with Crippen molar-refractivity contribution in [2.24, 2.45) is 0 Å². The number of halogens is 1. The van der Waals surface area contributed by atoms with E-state index in [1.165, 1.54) is 15.9 Å². The lowest BCUT2D eigenvalue weighted by molar-refractivity contribution is 0.409. The normalized spacial score (nSPS) is 13.9. The molecule has 4 aromatic rings. The van der Waals surface area contributed by atoms with Crippen molar-refractivity contribution in [2.45, 2.75) is 38.8 Å². The molecule has 34 heavy (non-hydrogen) atoms. The van der Waals surface area contributed by atoms with Crippen LogP contribution in [0.5, 0.6) is 11.5 Å². The summed E-state index contributed by atoms with van der Waals surface area (Å²) in [5.41, 5.74) is 1.77. The van der Waals surface area contributed by atoms with Crippen molar-refractivity contribution < 1.29 is 9.47 Å². The molecule has 2 heterocycles. The van der Waals surface area contributed by atoms with Crippen molar-refractivity contribution >= 4 is 38.3 Å². The lowest BCUT2D eigenvalue weighted by Gasteiger charge is -2.22. The molecule has 4 rings (SSSR count). The standard InChI is InChI=1S/C25H27BrN4O3S/c1-5-15(2)27-21(16-7-6-8-18(11-16)32-3)14-23-28-25-30(29-23)24(31)22(34-25)13-17-12-19(33-4)9-10-20(17)26/h6-13,15,21,27H,5,14H2,1-4H3/b22-13-. The van der Waals surface area contributed by atoms with Crippen LogP contribution in [0.4, 0.5) is 0 Å². The quantitative estimate of drug-likeness (QED) is 0.342. The first-order chi connectivity index (χ1) is 16.4. The molecule has 7 nitrogen and oxygen atoms in total. The predicted molar refractivity (Wildman–Crippen MR) is 139 cm³/mol. The summed E-state index contributed by atoms with van der Waals surface area (Å²) < 4.78 is 13.5. The van der Waals surface area contributed by atoms with Crippen molar-refractivity contribution in [1.82, 2.24) is 19.9 Å². The van der Waals surface area contributed by atoms with Crippen molar-refractivity contribution in [1.29, 1.82) is 0 Å². The number of thiazole rings is 1. The van der Waals surface area contributed by atoms with Gasteiger partial charge in [0, 0.05) is 23.0 Å². The largest absolute Gasteiger partial charge is 0.497 e. The molecule has 0 aliphatic rings. The SMILES string of the molecule is CCC(C)NC(Cc1nc2s/c(=C\c3cc(OC)ccc3Br)c(=O)n2n1)c1cccc(OC)c1. The zero-order chi connectivity index (χ0) is 24.2. The van der Waals surface area contributed by atoms with E-state index in [0.29, 0.717) is 27.8 Å². The Kier molecular flexibility index (Phi) is 7.65. The summed E-state index contributed by atoms with van der Waals surface area (Å²) in [6.45, 7) is 4.30. The molecule has 0 amide bonds.